The van der Waals surface area contributed by atoms with Gasteiger partial charge in [0.2, 0.25) is 10.0 Å². The molecule has 7 nitrogen and oxygen atoms in total. The molecule has 1 aromatic heterocycles. The molecule has 0 aromatic carbocycles. The summed E-state index contributed by atoms with van der Waals surface area (Å²) in [5.41, 5.74) is 0. The number of guanidine groups is 1. The van der Waals surface area contributed by atoms with Gasteiger partial charge in [-0.1, -0.05) is 6.07 Å². The Kier molecular flexibility index (Phi) is 11.9. The van der Waals surface area contributed by atoms with Crippen LogP contribution in [0.4, 0.5) is 0 Å². The van der Waals surface area contributed by atoms with Crippen LogP contribution in [-0.2, 0) is 21.2 Å². The molecule has 1 aliphatic heterocycles. The minimum Gasteiger partial charge on any atom is -0.378 e. The number of sulfonamides is 1. The number of hydrogen-bond acceptors (Lipinski definition) is 5. The lowest BCUT2D eigenvalue weighted by atomic mass is 10.3. The molecule has 1 fully saturated rings. The van der Waals surface area contributed by atoms with E-state index >= 15 is 0 Å². The first kappa shape index (κ1) is 25.6. The summed E-state index contributed by atoms with van der Waals surface area (Å²) in [4.78, 5) is 8.19. The van der Waals surface area contributed by atoms with Gasteiger partial charge in [-0.3, -0.25) is 4.99 Å². The van der Waals surface area contributed by atoms with E-state index in [1.54, 1.807) is 15.6 Å². The van der Waals surface area contributed by atoms with Crippen molar-refractivity contribution in [3.05, 3.63) is 22.4 Å². The number of hydrogen-bond donors (Lipinski definition) is 1. The van der Waals surface area contributed by atoms with Crippen molar-refractivity contribution in [3.63, 3.8) is 0 Å². The lowest BCUT2D eigenvalue weighted by Gasteiger charge is -2.35. The van der Waals surface area contributed by atoms with Crippen LogP contribution in [0.5, 0.6) is 0 Å². The van der Waals surface area contributed by atoms with Gasteiger partial charge in [-0.05, 0) is 32.2 Å². The molecule has 1 N–H and O–H groups in total. The van der Waals surface area contributed by atoms with Crippen molar-refractivity contribution in [1.29, 1.82) is 0 Å². The van der Waals surface area contributed by atoms with Gasteiger partial charge in [-0.25, -0.2) is 8.42 Å². The number of piperazine rings is 1. The second-order valence-electron chi connectivity index (χ2n) is 6.69. The summed E-state index contributed by atoms with van der Waals surface area (Å²) in [6.45, 7) is 9.90. The van der Waals surface area contributed by atoms with Gasteiger partial charge in [0.1, 0.15) is 0 Å². The van der Waals surface area contributed by atoms with E-state index in [1.165, 1.54) is 4.88 Å². The molecule has 0 aliphatic carbocycles. The molecule has 0 saturated carbocycles. The third kappa shape index (κ3) is 8.52. The summed E-state index contributed by atoms with van der Waals surface area (Å²) in [6, 6.07) is 4.18. The summed E-state index contributed by atoms with van der Waals surface area (Å²) < 4.78 is 31.9. The zero-order chi connectivity index (χ0) is 19.7. The minimum absolute atomic E-state index is 0. The Morgan fingerprint density at radius 3 is 2.61 bits per heavy atom. The summed E-state index contributed by atoms with van der Waals surface area (Å²) in [5.74, 6) is 0.911. The highest BCUT2D eigenvalue weighted by molar-refractivity contribution is 14.0. The smallest absolute Gasteiger partial charge is 0.216 e. The number of aliphatic imine (C=N–C) groups is 1. The molecule has 0 radical (unpaired) electrons. The minimum atomic E-state index is -3.26. The predicted octanol–water partition coefficient (Wildman–Crippen LogP) is 2.25. The Bertz CT molecular complexity index is 673. The normalized spacial score (nSPS) is 16.3. The van der Waals surface area contributed by atoms with Gasteiger partial charge in [-0.2, -0.15) is 4.31 Å². The van der Waals surface area contributed by atoms with Crippen LogP contribution >= 0.6 is 35.3 Å². The van der Waals surface area contributed by atoms with Crippen LogP contribution in [0, 0.1) is 0 Å². The van der Waals surface area contributed by atoms with E-state index in [0.717, 1.165) is 25.5 Å². The zero-order valence-corrected chi connectivity index (χ0v) is 20.9. The van der Waals surface area contributed by atoms with Crippen molar-refractivity contribution in [3.8, 4) is 0 Å². The molecule has 28 heavy (non-hydrogen) atoms. The molecule has 2 heterocycles. The van der Waals surface area contributed by atoms with Gasteiger partial charge >= 0.3 is 0 Å². The van der Waals surface area contributed by atoms with E-state index in [9.17, 15) is 8.42 Å². The first-order valence-electron chi connectivity index (χ1n) is 9.57. The van der Waals surface area contributed by atoms with Gasteiger partial charge in [0, 0.05) is 50.6 Å². The summed E-state index contributed by atoms with van der Waals surface area (Å²) >= 11 is 1.75. The lowest BCUT2D eigenvalue weighted by Crippen LogP contribution is -2.54. The molecule has 10 heteroatoms. The summed E-state index contributed by atoms with van der Waals surface area (Å²) in [5, 5.41) is 5.40. The monoisotopic (exact) mass is 544 g/mol. The van der Waals surface area contributed by atoms with Crippen LogP contribution in [0.2, 0.25) is 0 Å². The molecule has 1 aromatic rings. The molecule has 0 bridgehead atoms. The molecule has 1 saturated heterocycles. The summed E-state index contributed by atoms with van der Waals surface area (Å²) in [7, 11) is -3.26. The lowest BCUT2D eigenvalue weighted by molar-refractivity contribution is 0.0904. The molecule has 162 valence electrons. The fourth-order valence-electron chi connectivity index (χ4n) is 2.85. The molecule has 0 spiro atoms. The number of rotatable bonds is 9. The van der Waals surface area contributed by atoms with Gasteiger partial charge < -0.3 is 15.0 Å². The number of thiophene rings is 1. The van der Waals surface area contributed by atoms with Crippen LogP contribution in [0.3, 0.4) is 0 Å². The van der Waals surface area contributed by atoms with Crippen molar-refractivity contribution >= 4 is 51.3 Å². The zero-order valence-electron chi connectivity index (χ0n) is 17.0. The Morgan fingerprint density at radius 2 is 2.04 bits per heavy atom. The fourth-order valence-corrected chi connectivity index (χ4v) is 4.83. The van der Waals surface area contributed by atoms with E-state index in [0.29, 0.717) is 26.2 Å². The van der Waals surface area contributed by atoms with Crippen molar-refractivity contribution in [2.75, 3.05) is 51.6 Å². The maximum atomic E-state index is 12.5. The van der Waals surface area contributed by atoms with Crippen LogP contribution < -0.4 is 5.32 Å². The summed E-state index contributed by atoms with van der Waals surface area (Å²) in [6.07, 6.45) is 0.974. The van der Waals surface area contributed by atoms with Crippen LogP contribution in [0.1, 0.15) is 25.6 Å². The molecule has 0 amide bonds. The number of halogens is 1. The fraction of sp³-hybridized carbons (Fsp3) is 0.722. The second-order valence-corrected chi connectivity index (χ2v) is 9.81. The number of nitrogens with zero attached hydrogens (tertiary/aromatic N) is 3. The van der Waals surface area contributed by atoms with Crippen LogP contribution in [-0.4, -0.2) is 81.3 Å². The Hall–Kier alpha value is -0.430. The average molecular weight is 545 g/mol. The van der Waals surface area contributed by atoms with Crippen molar-refractivity contribution in [2.45, 2.75) is 33.3 Å². The third-order valence-corrected chi connectivity index (χ3v) is 7.03. The van der Waals surface area contributed by atoms with Gasteiger partial charge in [0.25, 0.3) is 0 Å². The van der Waals surface area contributed by atoms with Gasteiger partial charge in [-0.15, -0.1) is 35.3 Å². The number of ether oxygens (including phenoxy) is 1. The second kappa shape index (κ2) is 13.0. The van der Waals surface area contributed by atoms with Gasteiger partial charge in [0.15, 0.2) is 5.96 Å². The largest absolute Gasteiger partial charge is 0.378 e. The first-order chi connectivity index (χ1) is 12.9. The first-order valence-corrected chi connectivity index (χ1v) is 12.1. The van der Waals surface area contributed by atoms with E-state index in [2.05, 4.69) is 27.7 Å². The maximum absolute atomic E-state index is 12.5. The molecule has 0 unspecified atom stereocenters. The molecule has 1 aliphatic rings. The SMILES string of the molecule is CCNC(=NCCc1cccs1)N1CCN(S(=O)(=O)CCOC(C)C)CC1.I. The molecular weight excluding hydrogens is 511 g/mol. The Balaban J connectivity index is 0.00000392. The van der Waals surface area contributed by atoms with E-state index in [1.807, 2.05) is 20.8 Å². The topological polar surface area (TPSA) is 74.2 Å². The van der Waals surface area contributed by atoms with Crippen LogP contribution in [0.25, 0.3) is 0 Å². The molecule has 2 rings (SSSR count). The average Bonchev–Trinajstić information content (AvgIpc) is 3.14. The highest BCUT2D eigenvalue weighted by Crippen LogP contribution is 2.11. The highest BCUT2D eigenvalue weighted by Gasteiger charge is 2.27. The van der Waals surface area contributed by atoms with E-state index in [-0.39, 0.29) is 42.4 Å². The maximum Gasteiger partial charge on any atom is 0.216 e. The number of nitrogens with one attached hydrogen (secondary N) is 1. The Morgan fingerprint density at radius 1 is 1.32 bits per heavy atom. The highest BCUT2D eigenvalue weighted by atomic mass is 127. The molecule has 0 atom stereocenters. The van der Waals surface area contributed by atoms with Crippen molar-refractivity contribution in [2.24, 2.45) is 4.99 Å². The van der Waals surface area contributed by atoms with Crippen LogP contribution in [0.15, 0.2) is 22.5 Å². The molecular formula is C18H33IN4O3S2. The van der Waals surface area contributed by atoms with Gasteiger partial charge in [0.05, 0.1) is 18.5 Å². The predicted molar refractivity (Wildman–Crippen MR) is 127 cm³/mol. The third-order valence-electron chi connectivity index (χ3n) is 4.26. The van der Waals surface area contributed by atoms with Crippen molar-refractivity contribution < 1.29 is 13.2 Å². The standard InChI is InChI=1S/C18H32N4O3S2.HI/c1-4-19-18(20-8-7-17-6-5-14-26-17)21-9-11-22(12-10-21)27(23,24)15-13-25-16(2)3;/h5-6,14,16H,4,7-13,15H2,1-3H3,(H,19,20);1H. The van der Waals surface area contributed by atoms with Crippen molar-refractivity contribution in [1.82, 2.24) is 14.5 Å². The van der Waals surface area contributed by atoms with E-state index in [4.69, 9.17) is 9.73 Å². The quantitative estimate of drug-likeness (QED) is 0.293. The Labute approximate surface area is 190 Å². The van der Waals surface area contributed by atoms with E-state index < -0.39 is 10.0 Å².